The molecule has 1 aliphatic rings. The molecule has 3 aromatic rings. The van der Waals surface area contributed by atoms with Gasteiger partial charge in [0.2, 0.25) is 0 Å². The Morgan fingerprint density at radius 1 is 1.15 bits per heavy atom. The Labute approximate surface area is 239 Å². The molecule has 40 heavy (non-hydrogen) atoms. The third-order valence-corrected chi connectivity index (χ3v) is 7.39. The van der Waals surface area contributed by atoms with E-state index >= 15 is 0 Å². The summed E-state index contributed by atoms with van der Waals surface area (Å²) in [5.41, 5.74) is 4.97. The summed E-state index contributed by atoms with van der Waals surface area (Å²) in [4.78, 5) is 34.4. The highest BCUT2D eigenvalue weighted by molar-refractivity contribution is 6.33. The quantitative estimate of drug-likeness (QED) is 0.351. The maximum atomic E-state index is 13.9. The molecule has 0 fully saturated rings. The Hall–Kier alpha value is -3.71. The lowest BCUT2D eigenvalue weighted by Crippen LogP contribution is -2.37. The molecule has 2 aromatic heterocycles. The molecule has 0 saturated heterocycles. The minimum absolute atomic E-state index is 0.0952. The van der Waals surface area contributed by atoms with Gasteiger partial charge in [-0.3, -0.25) is 14.6 Å². The molecule has 210 valence electrons. The number of amides is 1. The Morgan fingerprint density at radius 2 is 1.93 bits per heavy atom. The molecule has 0 saturated carbocycles. The number of likely N-dealkylation sites (N-methyl/N-ethyl adjacent to an activating group) is 1. The summed E-state index contributed by atoms with van der Waals surface area (Å²) < 4.78 is 12.3. The summed E-state index contributed by atoms with van der Waals surface area (Å²) in [6, 6.07) is 9.31. The number of ether oxygens (including phenoxy) is 2. The summed E-state index contributed by atoms with van der Waals surface area (Å²) in [6.45, 7) is 5.30. The highest BCUT2D eigenvalue weighted by atomic mass is 35.5. The molecular weight excluding hydrogens is 530 g/mol. The minimum atomic E-state index is -0.192. The van der Waals surface area contributed by atoms with Gasteiger partial charge in [-0.15, -0.1) is 0 Å². The second-order valence-electron chi connectivity index (χ2n) is 9.89. The van der Waals surface area contributed by atoms with E-state index in [1.54, 1.807) is 31.3 Å². The van der Waals surface area contributed by atoms with Crippen LogP contribution in [-0.4, -0.2) is 72.3 Å². The Balaban J connectivity index is 1.70. The van der Waals surface area contributed by atoms with Crippen molar-refractivity contribution in [1.82, 2.24) is 19.4 Å². The molecule has 0 bridgehead atoms. The Kier molecular flexibility index (Phi) is 9.58. The van der Waals surface area contributed by atoms with Gasteiger partial charge in [0.05, 0.1) is 30.5 Å². The van der Waals surface area contributed by atoms with E-state index in [0.717, 1.165) is 41.8 Å². The Morgan fingerprint density at radius 3 is 2.65 bits per heavy atom. The summed E-state index contributed by atoms with van der Waals surface area (Å²) in [5, 5.41) is 9.72. The number of methoxy groups -OCH3 is 1. The van der Waals surface area contributed by atoms with Gasteiger partial charge in [-0.1, -0.05) is 17.7 Å². The number of pyridine rings is 2. The molecule has 3 heterocycles. The summed E-state index contributed by atoms with van der Waals surface area (Å²) >= 11 is 6.58. The zero-order valence-corrected chi connectivity index (χ0v) is 24.1. The van der Waals surface area contributed by atoms with Gasteiger partial charge >= 0.3 is 0 Å². The van der Waals surface area contributed by atoms with E-state index in [4.69, 9.17) is 21.1 Å². The highest BCUT2D eigenvalue weighted by Crippen LogP contribution is 2.35. The van der Waals surface area contributed by atoms with Crippen molar-refractivity contribution in [2.75, 3.05) is 47.0 Å². The molecule has 0 atom stereocenters. The molecule has 9 nitrogen and oxygen atoms in total. The standard InChI is InChI=1S/C30H34ClN5O4/c1-5-40-28-14-22(33-17-21(28)16-32)18-36-9-7-23-24(26-19-35(3)29(37)15-27(26)31)12-20(13-25(23)30(36)38)6-8-34(2)10-11-39-4/h12-15,17,19H,5-11,18H2,1-4H3. The average Bonchev–Trinajstić information content (AvgIpc) is 2.94. The smallest absolute Gasteiger partial charge is 0.254 e. The van der Waals surface area contributed by atoms with Gasteiger partial charge in [0.25, 0.3) is 11.5 Å². The fraction of sp³-hybridized carbons (Fsp3) is 0.400. The SMILES string of the molecule is CCOc1cc(CN2CCc3c(cc(CCN(C)CCOC)cc3-c3cn(C)c(=O)cc3Cl)C2=O)ncc1C#N. The van der Waals surface area contributed by atoms with E-state index in [1.165, 1.54) is 16.8 Å². The lowest BCUT2D eigenvalue weighted by Gasteiger charge is -2.31. The minimum Gasteiger partial charge on any atom is -0.492 e. The van der Waals surface area contributed by atoms with Gasteiger partial charge < -0.3 is 23.8 Å². The van der Waals surface area contributed by atoms with Gasteiger partial charge in [0.1, 0.15) is 17.4 Å². The maximum absolute atomic E-state index is 13.9. The van der Waals surface area contributed by atoms with Crippen molar-refractivity contribution >= 4 is 17.5 Å². The molecule has 1 amide bonds. The van der Waals surface area contributed by atoms with Crippen molar-refractivity contribution in [2.24, 2.45) is 7.05 Å². The topological polar surface area (TPSA) is 101 Å². The zero-order valence-electron chi connectivity index (χ0n) is 23.4. The first-order chi connectivity index (χ1) is 19.2. The molecule has 1 aromatic carbocycles. The molecule has 1 aliphatic heterocycles. The van der Waals surface area contributed by atoms with Gasteiger partial charge in [0, 0.05) is 69.4 Å². The van der Waals surface area contributed by atoms with Crippen LogP contribution in [0.1, 0.15) is 39.7 Å². The van der Waals surface area contributed by atoms with Crippen molar-refractivity contribution in [1.29, 1.82) is 5.26 Å². The molecule has 4 rings (SSSR count). The van der Waals surface area contributed by atoms with Crippen LogP contribution in [0.4, 0.5) is 0 Å². The van der Waals surface area contributed by atoms with E-state index in [9.17, 15) is 14.9 Å². The zero-order chi connectivity index (χ0) is 28.8. The van der Waals surface area contributed by atoms with Gasteiger partial charge in [-0.05, 0) is 49.6 Å². The predicted octanol–water partition coefficient (Wildman–Crippen LogP) is 3.69. The number of halogens is 1. The van der Waals surface area contributed by atoms with Crippen molar-refractivity contribution in [2.45, 2.75) is 26.3 Å². The molecule has 0 radical (unpaired) electrons. The predicted molar refractivity (Wildman–Crippen MR) is 154 cm³/mol. The highest BCUT2D eigenvalue weighted by Gasteiger charge is 2.29. The maximum Gasteiger partial charge on any atom is 0.254 e. The number of fused-ring (bicyclic) bond motifs is 1. The lowest BCUT2D eigenvalue weighted by atomic mass is 9.88. The molecular formula is C30H34ClN5O4. The van der Waals surface area contributed by atoms with E-state index in [0.29, 0.717) is 60.3 Å². The molecule has 0 unspecified atom stereocenters. The number of nitrogens with zero attached hydrogens (tertiary/aromatic N) is 5. The van der Waals surface area contributed by atoms with Crippen molar-refractivity contribution in [3.8, 4) is 22.9 Å². The summed E-state index contributed by atoms with van der Waals surface area (Å²) in [6.07, 6.45) is 4.58. The van der Waals surface area contributed by atoms with Crippen LogP contribution in [0.3, 0.4) is 0 Å². The number of rotatable bonds is 11. The molecule has 0 spiro atoms. The van der Waals surface area contributed by atoms with Gasteiger partial charge in [0.15, 0.2) is 0 Å². The van der Waals surface area contributed by atoms with Crippen molar-refractivity contribution in [3.63, 3.8) is 0 Å². The number of benzene rings is 1. The third-order valence-electron chi connectivity index (χ3n) is 7.08. The normalized spacial score (nSPS) is 12.9. The first kappa shape index (κ1) is 29.3. The first-order valence-electron chi connectivity index (χ1n) is 13.3. The largest absolute Gasteiger partial charge is 0.492 e. The van der Waals surface area contributed by atoms with Crippen LogP contribution in [0.2, 0.25) is 5.02 Å². The summed E-state index contributed by atoms with van der Waals surface area (Å²) in [5.74, 6) is 0.369. The monoisotopic (exact) mass is 563 g/mol. The first-order valence-corrected chi connectivity index (χ1v) is 13.6. The van der Waals surface area contributed by atoms with E-state index in [1.807, 2.05) is 20.0 Å². The molecule has 0 aliphatic carbocycles. The second kappa shape index (κ2) is 13.1. The van der Waals surface area contributed by atoms with E-state index < -0.39 is 0 Å². The third kappa shape index (κ3) is 6.53. The van der Waals surface area contributed by atoms with Crippen molar-refractivity contribution in [3.05, 3.63) is 80.0 Å². The molecule has 10 heteroatoms. The number of nitriles is 1. The van der Waals surface area contributed by atoms with Crippen LogP contribution < -0.4 is 10.3 Å². The van der Waals surface area contributed by atoms with E-state index in [-0.39, 0.29) is 11.5 Å². The number of hydrogen-bond acceptors (Lipinski definition) is 7. The van der Waals surface area contributed by atoms with Crippen molar-refractivity contribution < 1.29 is 14.3 Å². The summed E-state index contributed by atoms with van der Waals surface area (Å²) in [7, 11) is 5.41. The number of aryl methyl sites for hydroxylation is 1. The van der Waals surface area contributed by atoms with Gasteiger partial charge in [-0.2, -0.15) is 5.26 Å². The van der Waals surface area contributed by atoms with Crippen LogP contribution in [0, 0.1) is 11.3 Å². The van der Waals surface area contributed by atoms with Crippen LogP contribution in [0.25, 0.3) is 11.1 Å². The van der Waals surface area contributed by atoms with Crippen LogP contribution in [-0.2, 0) is 31.2 Å². The average molecular weight is 564 g/mol. The van der Waals surface area contributed by atoms with Gasteiger partial charge in [-0.25, -0.2) is 0 Å². The molecule has 0 N–H and O–H groups in total. The lowest BCUT2D eigenvalue weighted by molar-refractivity contribution is 0.0724. The van der Waals surface area contributed by atoms with Crippen LogP contribution >= 0.6 is 11.6 Å². The fourth-order valence-corrected chi connectivity index (χ4v) is 5.09. The van der Waals surface area contributed by atoms with E-state index in [2.05, 4.69) is 22.0 Å². The van der Waals surface area contributed by atoms with Crippen LogP contribution in [0.5, 0.6) is 5.75 Å². The number of carbonyl (C=O) groups is 1. The number of hydrogen-bond donors (Lipinski definition) is 0. The number of carbonyl (C=O) groups excluding carboxylic acids is 1. The second-order valence-corrected chi connectivity index (χ2v) is 10.3. The Bertz CT molecular complexity index is 1500. The number of aromatic nitrogens is 2. The van der Waals surface area contributed by atoms with Crippen LogP contribution in [0.15, 0.2) is 41.5 Å². The fourth-order valence-electron chi connectivity index (χ4n) is 4.85.